The molecule has 3 aromatic rings. The number of hydrogen-bond donors (Lipinski definition) is 0. The molecular weight excluding hydrogens is 579 g/mol. The molecule has 2 aliphatic rings. The third-order valence-electron chi connectivity index (χ3n) is 9.11. The number of carbonyl (C=O) groups excluding carboxylic acids is 1. The van der Waals surface area contributed by atoms with Crippen molar-refractivity contribution in [3.63, 3.8) is 0 Å². The molecule has 1 aliphatic heterocycles. The van der Waals surface area contributed by atoms with Crippen molar-refractivity contribution < 1.29 is 18.7 Å². The van der Waals surface area contributed by atoms with Crippen LogP contribution in [0.5, 0.6) is 5.88 Å². The van der Waals surface area contributed by atoms with E-state index in [1.54, 1.807) is 0 Å². The normalized spacial score (nSPS) is 19.7. The van der Waals surface area contributed by atoms with Crippen molar-refractivity contribution in [1.29, 1.82) is 0 Å². The van der Waals surface area contributed by atoms with Gasteiger partial charge < -0.3 is 13.9 Å². The minimum absolute atomic E-state index is 0.0651. The number of aromatic nitrogens is 2. The Labute approximate surface area is 270 Å². The molecule has 2 heterocycles. The number of fused-ring (bicyclic) bond motifs is 2. The first-order valence-corrected chi connectivity index (χ1v) is 18.2. The number of benzene rings is 2. The lowest BCUT2D eigenvalue weighted by atomic mass is 9.97. The number of carbonyl (C=O) groups is 1. The Morgan fingerprint density at radius 3 is 2.09 bits per heavy atom. The van der Waals surface area contributed by atoms with Crippen molar-refractivity contribution in [2.45, 2.75) is 92.2 Å². The summed E-state index contributed by atoms with van der Waals surface area (Å²) in [7, 11) is -2.60. The monoisotopic (exact) mass is 627 g/mol. The van der Waals surface area contributed by atoms with E-state index >= 15 is 0 Å². The topological polar surface area (TPSA) is 82.9 Å². The Balaban J connectivity index is 1.35. The zero-order chi connectivity index (χ0) is 32.4. The molecule has 0 bridgehead atoms. The maximum Gasteiger partial charge on any atom is 0.311 e. The van der Waals surface area contributed by atoms with E-state index in [1.807, 2.05) is 34.6 Å². The van der Waals surface area contributed by atoms with E-state index in [1.165, 1.54) is 10.4 Å². The van der Waals surface area contributed by atoms with Gasteiger partial charge in [0.25, 0.3) is 8.32 Å². The number of aryl methyl sites for hydroxylation is 2. The summed E-state index contributed by atoms with van der Waals surface area (Å²) < 4.78 is 19.4. The Hall–Kier alpha value is -3.36. The molecule has 1 aliphatic carbocycles. The zero-order valence-electron chi connectivity index (χ0n) is 28.2. The predicted octanol–water partition coefficient (Wildman–Crippen LogP) is 6.90. The molecule has 7 nitrogen and oxygen atoms in total. The fourth-order valence-electron chi connectivity index (χ4n) is 6.90. The summed E-state index contributed by atoms with van der Waals surface area (Å²) in [5.41, 5.74) is 2.11. The van der Waals surface area contributed by atoms with Crippen molar-refractivity contribution in [3.05, 3.63) is 72.2 Å². The van der Waals surface area contributed by atoms with Crippen LogP contribution in [0.1, 0.15) is 78.7 Å². The van der Waals surface area contributed by atoms with Gasteiger partial charge in [-0.25, -0.2) is 9.98 Å². The predicted molar refractivity (Wildman–Crippen MR) is 182 cm³/mol. The number of nitrogens with zero attached hydrogens (tertiary/aromatic N) is 3. The minimum atomic E-state index is -2.60. The van der Waals surface area contributed by atoms with Crippen LogP contribution in [0.25, 0.3) is 0 Å². The van der Waals surface area contributed by atoms with E-state index in [4.69, 9.17) is 18.9 Å². The van der Waals surface area contributed by atoms with Crippen LogP contribution >= 0.6 is 0 Å². The Morgan fingerprint density at radius 1 is 0.889 bits per heavy atom. The van der Waals surface area contributed by atoms with E-state index in [9.17, 15) is 4.79 Å². The zero-order valence-corrected chi connectivity index (χ0v) is 29.2. The Kier molecular flexibility index (Phi) is 9.66. The van der Waals surface area contributed by atoms with Gasteiger partial charge in [-0.3, -0.25) is 4.79 Å². The largest absolute Gasteiger partial charge is 0.466 e. The lowest BCUT2D eigenvalue weighted by Crippen LogP contribution is -2.66. The van der Waals surface area contributed by atoms with Crippen molar-refractivity contribution in [2.24, 2.45) is 22.2 Å². The first kappa shape index (κ1) is 33.0. The molecule has 0 amide bonds. The highest BCUT2D eigenvalue weighted by Gasteiger charge is 2.50. The van der Waals surface area contributed by atoms with Gasteiger partial charge in [0.2, 0.25) is 5.88 Å². The minimum Gasteiger partial charge on any atom is -0.466 e. The highest BCUT2D eigenvalue weighted by atomic mass is 28.4. The second-order valence-corrected chi connectivity index (χ2v) is 18.9. The van der Waals surface area contributed by atoms with Crippen molar-refractivity contribution in [3.8, 4) is 5.88 Å². The van der Waals surface area contributed by atoms with Crippen LogP contribution in [-0.2, 0) is 14.0 Å². The van der Waals surface area contributed by atoms with Gasteiger partial charge in [0.1, 0.15) is 17.6 Å². The van der Waals surface area contributed by atoms with Crippen molar-refractivity contribution >= 4 is 36.1 Å². The molecule has 5 rings (SSSR count). The molecule has 45 heavy (non-hydrogen) atoms. The van der Waals surface area contributed by atoms with Crippen LogP contribution in [0, 0.1) is 31.1 Å². The molecule has 8 heteroatoms. The van der Waals surface area contributed by atoms with E-state index in [0.29, 0.717) is 24.9 Å². The molecular formula is C37H49N3O4Si. The molecule has 0 N–H and O–H groups in total. The second kappa shape index (κ2) is 13.2. The fraction of sp³-hybridized carbons (Fsp3) is 0.514. The van der Waals surface area contributed by atoms with Crippen molar-refractivity contribution in [2.75, 3.05) is 13.2 Å². The van der Waals surface area contributed by atoms with E-state index in [2.05, 4.69) is 91.4 Å². The van der Waals surface area contributed by atoms with Crippen molar-refractivity contribution in [1.82, 2.24) is 9.97 Å². The van der Waals surface area contributed by atoms with Gasteiger partial charge in [0.15, 0.2) is 0 Å². The average molecular weight is 628 g/mol. The molecule has 0 saturated heterocycles. The van der Waals surface area contributed by atoms with Crippen LogP contribution in [0.4, 0.5) is 5.69 Å². The van der Waals surface area contributed by atoms with Gasteiger partial charge in [-0.15, -0.1) is 0 Å². The molecule has 240 valence electrons. The van der Waals surface area contributed by atoms with Gasteiger partial charge in [0.05, 0.1) is 23.4 Å². The van der Waals surface area contributed by atoms with Gasteiger partial charge in [0, 0.05) is 18.4 Å². The SMILES string of the molecule is Cc1nc(C)c2c(n1)O[C@H]1C(=N2)[C@@H](CCCO[Si](c2ccccc2)(c2ccccc2)C(C)(C)C)C[C@@H]1CCOC(=O)C(C)(C)C. The molecule has 3 atom stereocenters. The summed E-state index contributed by atoms with van der Waals surface area (Å²) >= 11 is 0. The number of esters is 1. The van der Waals surface area contributed by atoms with Gasteiger partial charge in [-0.2, -0.15) is 4.98 Å². The van der Waals surface area contributed by atoms with E-state index in [-0.39, 0.29) is 28.9 Å². The molecule has 1 saturated carbocycles. The van der Waals surface area contributed by atoms with Crippen LogP contribution in [-0.4, -0.2) is 49.3 Å². The third-order valence-corrected chi connectivity index (χ3v) is 14.2. The molecule has 0 spiro atoms. The number of aliphatic imine (C=N–C) groups is 1. The summed E-state index contributed by atoms with van der Waals surface area (Å²) in [6.45, 7) is 17.5. The average Bonchev–Trinajstić information content (AvgIpc) is 3.32. The van der Waals surface area contributed by atoms with Gasteiger partial charge in [-0.05, 0) is 75.7 Å². The van der Waals surface area contributed by atoms with Gasteiger partial charge >= 0.3 is 5.97 Å². The van der Waals surface area contributed by atoms with E-state index < -0.39 is 13.7 Å². The second-order valence-electron chi connectivity index (χ2n) is 14.6. The molecule has 0 unspecified atom stereocenters. The highest BCUT2D eigenvalue weighted by molar-refractivity contribution is 6.99. The Morgan fingerprint density at radius 2 is 1.51 bits per heavy atom. The maximum atomic E-state index is 12.5. The van der Waals surface area contributed by atoms with Crippen LogP contribution in [0.3, 0.4) is 0 Å². The van der Waals surface area contributed by atoms with Crippen LogP contribution < -0.4 is 15.1 Å². The summed E-state index contributed by atoms with van der Waals surface area (Å²) in [5.74, 6) is 1.48. The summed E-state index contributed by atoms with van der Waals surface area (Å²) in [4.78, 5) is 26.7. The molecule has 1 fully saturated rings. The van der Waals surface area contributed by atoms with Gasteiger partial charge in [-0.1, -0.05) is 81.4 Å². The fourth-order valence-corrected chi connectivity index (χ4v) is 11.5. The Bertz CT molecular complexity index is 1470. The molecule has 1 aromatic heterocycles. The standard InChI is InChI=1S/C37H49N3O4Si/c1-25-31-34(39-26(2)38-25)44-33-28(21-23-42-35(41)36(3,4)5)24-27(32(33)40-31)16-15-22-43-45(37(6,7)8,29-17-11-9-12-18-29)30-19-13-10-14-20-30/h9-14,17-20,27-28,33H,15-16,21-24H2,1-8H3/t27-,28-,33+/m0/s1. The lowest BCUT2D eigenvalue weighted by molar-refractivity contribution is -0.153. The quantitative estimate of drug-likeness (QED) is 0.138. The van der Waals surface area contributed by atoms with E-state index in [0.717, 1.165) is 42.8 Å². The van der Waals surface area contributed by atoms with Crippen LogP contribution in [0.15, 0.2) is 65.7 Å². The first-order valence-electron chi connectivity index (χ1n) is 16.3. The first-order chi connectivity index (χ1) is 21.3. The summed E-state index contributed by atoms with van der Waals surface area (Å²) in [6, 6.07) is 21.6. The number of ether oxygens (including phenoxy) is 2. The highest BCUT2D eigenvalue weighted by Crippen LogP contribution is 2.44. The molecule has 0 radical (unpaired) electrons. The maximum absolute atomic E-state index is 12.5. The summed E-state index contributed by atoms with van der Waals surface area (Å²) in [6.07, 6.45) is 3.31. The number of hydrogen-bond acceptors (Lipinski definition) is 7. The third kappa shape index (κ3) is 6.92. The molecule has 2 aromatic carbocycles. The number of rotatable bonds is 10. The smallest absolute Gasteiger partial charge is 0.311 e. The summed E-state index contributed by atoms with van der Waals surface area (Å²) in [5, 5.41) is 2.52. The van der Waals surface area contributed by atoms with Crippen LogP contribution in [0.2, 0.25) is 5.04 Å². The lowest BCUT2D eigenvalue weighted by Gasteiger charge is -2.43.